The van der Waals surface area contributed by atoms with Gasteiger partial charge >= 0.3 is 5.97 Å². The number of methoxy groups -OCH3 is 1. The minimum atomic E-state index is -0.413. The lowest BCUT2D eigenvalue weighted by Gasteiger charge is -2.12. The Hall–Kier alpha value is -2.41. The van der Waals surface area contributed by atoms with Gasteiger partial charge in [0, 0.05) is 17.1 Å². The van der Waals surface area contributed by atoms with Crippen LogP contribution in [-0.2, 0) is 9.53 Å². The number of hydrogen-bond donors (Lipinski definition) is 1. The number of nitrogens with one attached hydrogen (secondary N) is 1. The van der Waals surface area contributed by atoms with Crippen LogP contribution in [0.25, 0.3) is 0 Å². The molecule has 1 N–H and O–H groups in total. The Morgan fingerprint density at radius 1 is 1.12 bits per heavy atom. The average molecular weight is 345 g/mol. The molecule has 2 aromatic rings. The minimum absolute atomic E-state index is 0.159. The maximum Gasteiger partial charge on any atom is 0.337 e. The number of benzene rings is 1. The van der Waals surface area contributed by atoms with Gasteiger partial charge in [-0.3, -0.25) is 4.79 Å². The monoisotopic (exact) mass is 345 g/mol. The molecule has 0 spiro atoms. The zero-order valence-corrected chi connectivity index (χ0v) is 14.8. The van der Waals surface area contributed by atoms with Crippen LogP contribution >= 0.6 is 11.8 Å². The number of nitrogens with zero attached hydrogens (tertiary/aromatic N) is 2. The van der Waals surface area contributed by atoms with Crippen molar-refractivity contribution in [2.45, 2.75) is 31.2 Å². The third-order valence-corrected chi connectivity index (χ3v) is 4.15. The first-order valence-electron chi connectivity index (χ1n) is 7.37. The van der Waals surface area contributed by atoms with Crippen LogP contribution in [0.2, 0.25) is 0 Å². The fourth-order valence-electron chi connectivity index (χ4n) is 2.01. The Balaban J connectivity index is 1.99. The Kier molecular flexibility index (Phi) is 5.92. The number of carbonyl (C=O) groups is 2. The predicted molar refractivity (Wildman–Crippen MR) is 93.2 cm³/mol. The van der Waals surface area contributed by atoms with E-state index < -0.39 is 5.97 Å². The van der Waals surface area contributed by atoms with Crippen molar-refractivity contribution in [1.82, 2.24) is 9.97 Å². The second kappa shape index (κ2) is 7.92. The number of esters is 1. The number of hydrogen-bond acceptors (Lipinski definition) is 6. The number of aryl methyl sites for hydroxylation is 2. The van der Waals surface area contributed by atoms with E-state index in [0.717, 1.165) is 11.4 Å². The quantitative estimate of drug-likeness (QED) is 0.510. The summed E-state index contributed by atoms with van der Waals surface area (Å²) in [5.74, 6) is -0.572. The number of ether oxygens (including phenoxy) is 1. The number of thioether (sulfide) groups is 1. The highest BCUT2D eigenvalue weighted by atomic mass is 32.2. The molecule has 2 rings (SSSR count). The Morgan fingerprint density at radius 3 is 2.25 bits per heavy atom. The molecule has 0 saturated carbocycles. The third-order valence-electron chi connectivity index (χ3n) is 3.19. The van der Waals surface area contributed by atoms with Crippen molar-refractivity contribution in [1.29, 1.82) is 0 Å². The lowest BCUT2D eigenvalue weighted by atomic mass is 10.2. The van der Waals surface area contributed by atoms with E-state index >= 15 is 0 Å². The van der Waals surface area contributed by atoms with Crippen molar-refractivity contribution in [3.05, 3.63) is 47.3 Å². The van der Waals surface area contributed by atoms with E-state index in [9.17, 15) is 9.59 Å². The molecule has 6 nitrogen and oxygen atoms in total. The van der Waals surface area contributed by atoms with E-state index in [1.54, 1.807) is 31.2 Å². The Morgan fingerprint density at radius 2 is 1.71 bits per heavy atom. The van der Waals surface area contributed by atoms with Gasteiger partial charge in [0.1, 0.15) is 0 Å². The standard InChI is InChI=1S/C17H19N3O3S/c1-10-9-11(2)19-17(18-10)24-12(3)15(21)20-14-7-5-13(6-8-14)16(22)23-4/h5-9,12H,1-4H3,(H,20,21)/t12-/m0/s1. The lowest BCUT2D eigenvalue weighted by molar-refractivity contribution is -0.115. The first-order chi connectivity index (χ1) is 11.4. The van der Waals surface area contributed by atoms with Gasteiger partial charge < -0.3 is 10.1 Å². The molecule has 0 unspecified atom stereocenters. The molecule has 7 heteroatoms. The van der Waals surface area contributed by atoms with Crippen LogP contribution in [0.1, 0.15) is 28.7 Å². The van der Waals surface area contributed by atoms with Crippen molar-refractivity contribution >= 4 is 29.3 Å². The number of rotatable bonds is 5. The summed E-state index contributed by atoms with van der Waals surface area (Å²) in [7, 11) is 1.33. The highest BCUT2D eigenvalue weighted by Gasteiger charge is 2.17. The van der Waals surface area contributed by atoms with Gasteiger partial charge in [0.25, 0.3) is 0 Å². The SMILES string of the molecule is COC(=O)c1ccc(NC(=O)[C@H](C)Sc2nc(C)cc(C)n2)cc1. The highest BCUT2D eigenvalue weighted by molar-refractivity contribution is 8.00. The number of carbonyl (C=O) groups excluding carboxylic acids is 2. The molecule has 0 bridgehead atoms. The minimum Gasteiger partial charge on any atom is -0.465 e. The van der Waals surface area contributed by atoms with Crippen molar-refractivity contribution < 1.29 is 14.3 Å². The summed E-state index contributed by atoms with van der Waals surface area (Å²) in [5.41, 5.74) is 2.79. The summed E-state index contributed by atoms with van der Waals surface area (Å²) in [5, 5.41) is 3.03. The van der Waals surface area contributed by atoms with Gasteiger partial charge in [-0.25, -0.2) is 14.8 Å². The molecule has 0 aliphatic carbocycles. The van der Waals surface area contributed by atoms with Crippen LogP contribution in [-0.4, -0.2) is 34.2 Å². The lowest BCUT2D eigenvalue weighted by Crippen LogP contribution is -2.22. The molecule has 1 aromatic heterocycles. The summed E-state index contributed by atoms with van der Waals surface area (Å²) in [6, 6.07) is 8.42. The molecule has 0 aliphatic heterocycles. The summed E-state index contributed by atoms with van der Waals surface area (Å²) >= 11 is 1.30. The van der Waals surface area contributed by atoms with Gasteiger partial charge in [-0.05, 0) is 51.1 Å². The fourth-order valence-corrected chi connectivity index (χ4v) is 2.88. The van der Waals surface area contributed by atoms with Gasteiger partial charge in [-0.15, -0.1) is 0 Å². The first-order valence-corrected chi connectivity index (χ1v) is 8.25. The number of anilines is 1. The van der Waals surface area contributed by atoms with Gasteiger partial charge in [0.05, 0.1) is 17.9 Å². The van der Waals surface area contributed by atoms with Crippen LogP contribution in [0, 0.1) is 13.8 Å². The maximum absolute atomic E-state index is 12.3. The summed E-state index contributed by atoms with van der Waals surface area (Å²) in [4.78, 5) is 32.3. The van der Waals surface area contributed by atoms with Gasteiger partial charge in [-0.2, -0.15) is 0 Å². The van der Waals surface area contributed by atoms with Crippen LogP contribution < -0.4 is 5.32 Å². The summed E-state index contributed by atoms with van der Waals surface area (Å²) in [6.07, 6.45) is 0. The third kappa shape index (κ3) is 4.79. The van der Waals surface area contributed by atoms with E-state index in [-0.39, 0.29) is 11.2 Å². The largest absolute Gasteiger partial charge is 0.465 e. The molecule has 0 saturated heterocycles. The van der Waals surface area contributed by atoms with Crippen LogP contribution in [0.4, 0.5) is 5.69 Å². The molecule has 1 heterocycles. The summed E-state index contributed by atoms with van der Waals surface area (Å²) < 4.78 is 4.64. The zero-order valence-electron chi connectivity index (χ0n) is 14.0. The van der Waals surface area contributed by atoms with Crippen LogP contribution in [0.3, 0.4) is 0 Å². The average Bonchev–Trinajstić information content (AvgIpc) is 2.53. The number of amides is 1. The second-order valence-corrected chi connectivity index (χ2v) is 6.56. The van der Waals surface area contributed by atoms with E-state index in [1.165, 1.54) is 18.9 Å². The van der Waals surface area contributed by atoms with Gasteiger partial charge in [0.15, 0.2) is 5.16 Å². The smallest absolute Gasteiger partial charge is 0.337 e. The van der Waals surface area contributed by atoms with Crippen molar-refractivity contribution in [2.24, 2.45) is 0 Å². The molecular weight excluding hydrogens is 326 g/mol. The van der Waals surface area contributed by atoms with Gasteiger partial charge in [0.2, 0.25) is 5.91 Å². The predicted octanol–water partition coefficient (Wildman–Crippen LogP) is 3.00. The van der Waals surface area contributed by atoms with Crippen LogP contribution in [0.5, 0.6) is 0 Å². The highest BCUT2D eigenvalue weighted by Crippen LogP contribution is 2.21. The fraction of sp³-hybridized carbons (Fsp3) is 0.294. The molecule has 1 amide bonds. The molecule has 1 aromatic carbocycles. The van der Waals surface area contributed by atoms with Crippen molar-refractivity contribution in [3.8, 4) is 0 Å². The van der Waals surface area contributed by atoms with E-state index in [0.29, 0.717) is 16.4 Å². The molecule has 0 radical (unpaired) electrons. The van der Waals surface area contributed by atoms with Crippen LogP contribution in [0.15, 0.2) is 35.5 Å². The topological polar surface area (TPSA) is 81.2 Å². The maximum atomic E-state index is 12.3. The van der Waals surface area contributed by atoms with E-state index in [4.69, 9.17) is 0 Å². The summed E-state index contributed by atoms with van der Waals surface area (Å²) in [6.45, 7) is 5.59. The molecule has 126 valence electrons. The van der Waals surface area contributed by atoms with Crippen molar-refractivity contribution in [2.75, 3.05) is 12.4 Å². The molecule has 0 fully saturated rings. The first kappa shape index (κ1) is 17.9. The second-order valence-electron chi connectivity index (χ2n) is 5.25. The Labute approximate surface area is 145 Å². The normalized spacial score (nSPS) is 11.7. The molecule has 0 aliphatic rings. The van der Waals surface area contributed by atoms with Gasteiger partial charge in [-0.1, -0.05) is 11.8 Å². The Bertz CT molecular complexity index is 727. The van der Waals surface area contributed by atoms with E-state index in [2.05, 4.69) is 20.0 Å². The van der Waals surface area contributed by atoms with E-state index in [1.807, 2.05) is 19.9 Å². The molecular formula is C17H19N3O3S. The zero-order chi connectivity index (χ0) is 17.7. The molecule has 1 atom stereocenters. The number of aromatic nitrogens is 2. The molecule has 24 heavy (non-hydrogen) atoms. The van der Waals surface area contributed by atoms with Crippen molar-refractivity contribution in [3.63, 3.8) is 0 Å².